The van der Waals surface area contributed by atoms with E-state index in [9.17, 15) is 14.7 Å². The number of nitrogens with two attached hydrogens (primary N) is 1. The van der Waals surface area contributed by atoms with Crippen molar-refractivity contribution in [2.75, 3.05) is 42.5 Å². The summed E-state index contributed by atoms with van der Waals surface area (Å²) in [6.07, 6.45) is 2.08. The average Bonchev–Trinajstić information content (AvgIpc) is 3.25. The molecule has 0 saturated carbocycles. The van der Waals surface area contributed by atoms with Crippen molar-refractivity contribution in [1.82, 2.24) is 9.99 Å². The Morgan fingerprint density at radius 2 is 2.09 bits per heavy atom. The Hall–Kier alpha value is -3.79. The highest BCUT2D eigenvalue weighted by molar-refractivity contribution is 5.97. The molecule has 2 aromatic carbocycles. The number of aromatic carboxylic acids is 1. The molecule has 1 aromatic heterocycles. The van der Waals surface area contributed by atoms with Crippen LogP contribution >= 0.6 is 0 Å². The van der Waals surface area contributed by atoms with Crippen LogP contribution in [0.2, 0.25) is 0 Å². The lowest BCUT2D eigenvalue weighted by atomic mass is 10.1. The van der Waals surface area contributed by atoms with E-state index in [-0.39, 0.29) is 23.9 Å². The lowest BCUT2D eigenvalue weighted by Gasteiger charge is -2.33. The van der Waals surface area contributed by atoms with Crippen LogP contribution < -0.4 is 31.1 Å². The van der Waals surface area contributed by atoms with Crippen molar-refractivity contribution in [2.24, 2.45) is 0 Å². The number of aromatic nitrogens is 1. The fraction of sp³-hybridized carbons (Fsp3) is 0.304. The van der Waals surface area contributed by atoms with Crippen molar-refractivity contribution in [3.8, 4) is 5.75 Å². The molecule has 5 rings (SSSR count). The van der Waals surface area contributed by atoms with Gasteiger partial charge < -0.3 is 25.8 Å². The smallest absolute Gasteiger partial charge is 0.341 e. The lowest BCUT2D eigenvalue weighted by molar-refractivity contribution is 0.0694. The van der Waals surface area contributed by atoms with Crippen molar-refractivity contribution >= 4 is 28.2 Å². The van der Waals surface area contributed by atoms with E-state index in [4.69, 9.17) is 10.5 Å². The van der Waals surface area contributed by atoms with E-state index in [0.29, 0.717) is 36.5 Å². The van der Waals surface area contributed by atoms with E-state index >= 15 is 4.39 Å². The number of nitrogen functional groups attached to an aromatic ring is 1. The number of carboxylic acids is 1. The third kappa shape index (κ3) is 3.62. The predicted octanol–water partition coefficient (Wildman–Crippen LogP) is 1.71. The van der Waals surface area contributed by atoms with Crippen LogP contribution in [0.15, 0.2) is 41.3 Å². The summed E-state index contributed by atoms with van der Waals surface area (Å²) in [6.45, 7) is 1.95. The van der Waals surface area contributed by atoms with E-state index in [1.54, 1.807) is 16.7 Å². The number of halogens is 1. The van der Waals surface area contributed by atoms with Crippen LogP contribution in [0.3, 0.4) is 0 Å². The van der Waals surface area contributed by atoms with Gasteiger partial charge in [-0.15, -0.1) is 0 Å². The number of carbonyl (C=O) groups is 1. The summed E-state index contributed by atoms with van der Waals surface area (Å²) >= 11 is 0. The van der Waals surface area contributed by atoms with Gasteiger partial charge in [0.25, 0.3) is 0 Å². The van der Waals surface area contributed by atoms with Gasteiger partial charge in [-0.25, -0.2) is 9.18 Å². The molecular weight excluding hydrogens is 429 g/mol. The molecule has 1 fully saturated rings. The molecule has 2 aliphatic rings. The van der Waals surface area contributed by atoms with Crippen LogP contribution in [0, 0.1) is 5.82 Å². The second-order valence-electron chi connectivity index (χ2n) is 8.44. The standard InChI is InChI=1S/C23H24FN5O4/c1-27-12-33-22-19-16(21(30)17(23(31)32)11-29(19)27)8-18(24)20(22)28-7-6-15(10-28)26-9-13-2-4-14(25)5-3-13/h2-5,8,11,15,26H,6-7,9-10,12,25H2,1H3,(H,31,32). The van der Waals surface area contributed by atoms with Crippen molar-refractivity contribution in [3.05, 3.63) is 63.7 Å². The minimum absolute atomic E-state index is 0.0186. The first-order valence-corrected chi connectivity index (χ1v) is 10.7. The molecule has 2 aliphatic heterocycles. The summed E-state index contributed by atoms with van der Waals surface area (Å²) in [5, 5.41) is 14.5. The summed E-state index contributed by atoms with van der Waals surface area (Å²) in [6, 6.07) is 8.92. The topological polar surface area (TPSA) is 113 Å². The summed E-state index contributed by atoms with van der Waals surface area (Å²) in [5.74, 6) is -1.70. The molecule has 0 amide bonds. The largest absolute Gasteiger partial charge is 0.477 e. The molecule has 4 N–H and O–H groups in total. The molecule has 172 valence electrons. The number of pyridine rings is 1. The number of nitrogens with zero attached hydrogens (tertiary/aromatic N) is 3. The van der Waals surface area contributed by atoms with Crippen LogP contribution in [-0.2, 0) is 6.54 Å². The van der Waals surface area contributed by atoms with Gasteiger partial charge >= 0.3 is 5.97 Å². The zero-order valence-corrected chi connectivity index (χ0v) is 18.0. The van der Waals surface area contributed by atoms with Gasteiger partial charge in [0.1, 0.15) is 16.8 Å². The maximum Gasteiger partial charge on any atom is 0.341 e. The number of carboxylic acid groups (broad SMARTS) is 1. The quantitative estimate of drug-likeness (QED) is 0.501. The van der Waals surface area contributed by atoms with Gasteiger partial charge in [-0.1, -0.05) is 12.1 Å². The molecule has 1 saturated heterocycles. The van der Waals surface area contributed by atoms with E-state index in [1.165, 1.54) is 6.20 Å². The molecule has 3 heterocycles. The number of hydrogen-bond acceptors (Lipinski definition) is 7. The number of anilines is 2. The Bertz CT molecular complexity index is 1310. The molecule has 1 atom stereocenters. The number of rotatable bonds is 5. The first-order chi connectivity index (χ1) is 15.8. The highest BCUT2D eigenvalue weighted by Gasteiger charge is 2.32. The third-order valence-corrected chi connectivity index (χ3v) is 6.23. The average molecular weight is 453 g/mol. The van der Waals surface area contributed by atoms with Gasteiger partial charge in [0, 0.05) is 44.6 Å². The van der Waals surface area contributed by atoms with Crippen LogP contribution in [0.25, 0.3) is 10.9 Å². The Kier molecular flexibility index (Phi) is 5.09. The molecule has 0 bridgehead atoms. The Labute approximate surface area is 188 Å². The van der Waals surface area contributed by atoms with Gasteiger partial charge in [0.15, 0.2) is 18.3 Å². The molecule has 33 heavy (non-hydrogen) atoms. The minimum Gasteiger partial charge on any atom is -0.477 e. The lowest BCUT2D eigenvalue weighted by Crippen LogP contribution is -2.40. The molecular formula is C23H24FN5O4. The maximum absolute atomic E-state index is 15.3. The normalized spacial score (nSPS) is 17.5. The van der Waals surface area contributed by atoms with E-state index in [2.05, 4.69) is 5.32 Å². The third-order valence-electron chi connectivity index (χ3n) is 6.23. The Morgan fingerprint density at radius 3 is 2.82 bits per heavy atom. The number of hydrogen-bond donors (Lipinski definition) is 3. The van der Waals surface area contributed by atoms with Gasteiger partial charge in [-0.2, -0.15) is 0 Å². The zero-order valence-electron chi connectivity index (χ0n) is 18.0. The molecule has 3 aromatic rings. The number of ether oxygens (including phenoxy) is 1. The first kappa shape index (κ1) is 21.1. The van der Waals surface area contributed by atoms with Crippen molar-refractivity contribution in [1.29, 1.82) is 0 Å². The Balaban J connectivity index is 1.47. The van der Waals surface area contributed by atoms with Crippen molar-refractivity contribution < 1.29 is 19.0 Å². The van der Waals surface area contributed by atoms with Crippen molar-refractivity contribution in [2.45, 2.75) is 19.0 Å². The van der Waals surface area contributed by atoms with E-state index in [0.717, 1.165) is 18.1 Å². The number of nitrogens with one attached hydrogen (secondary N) is 1. The van der Waals surface area contributed by atoms with E-state index < -0.39 is 22.8 Å². The highest BCUT2D eigenvalue weighted by atomic mass is 19.1. The van der Waals surface area contributed by atoms with Crippen LogP contribution in [0.1, 0.15) is 22.3 Å². The van der Waals surface area contributed by atoms with Gasteiger partial charge in [0.2, 0.25) is 5.43 Å². The van der Waals surface area contributed by atoms with Crippen LogP contribution in [0.5, 0.6) is 5.75 Å². The SMILES string of the molecule is CN1COc2c(N3CCC(NCc4ccc(N)cc4)C3)c(F)cc3c(=O)c(C(=O)O)cn1c23. The second kappa shape index (κ2) is 7.96. The zero-order chi connectivity index (χ0) is 23.3. The first-order valence-electron chi connectivity index (χ1n) is 10.7. The van der Waals surface area contributed by atoms with Crippen LogP contribution in [0.4, 0.5) is 15.8 Å². The molecule has 9 nitrogen and oxygen atoms in total. The van der Waals surface area contributed by atoms with E-state index in [1.807, 2.05) is 29.2 Å². The monoisotopic (exact) mass is 453 g/mol. The molecule has 0 spiro atoms. The van der Waals surface area contributed by atoms with Gasteiger partial charge in [-0.3, -0.25) is 14.5 Å². The maximum atomic E-state index is 15.3. The Morgan fingerprint density at radius 1 is 1.33 bits per heavy atom. The second-order valence-corrected chi connectivity index (χ2v) is 8.44. The summed E-state index contributed by atoms with van der Waals surface area (Å²) in [7, 11) is 1.70. The van der Waals surface area contributed by atoms with Crippen LogP contribution in [-0.4, -0.2) is 48.7 Å². The minimum atomic E-state index is -1.36. The van der Waals surface area contributed by atoms with Gasteiger partial charge in [0.05, 0.1) is 5.39 Å². The van der Waals surface area contributed by atoms with Gasteiger partial charge in [-0.05, 0) is 30.2 Å². The summed E-state index contributed by atoms with van der Waals surface area (Å²) < 4.78 is 22.8. The fourth-order valence-corrected chi connectivity index (χ4v) is 4.50. The highest BCUT2D eigenvalue weighted by Crippen LogP contribution is 2.41. The summed E-state index contributed by atoms with van der Waals surface area (Å²) in [5.41, 5.74) is 7.08. The predicted molar refractivity (Wildman–Crippen MR) is 123 cm³/mol. The fourth-order valence-electron chi connectivity index (χ4n) is 4.50. The van der Waals surface area contributed by atoms with Crippen molar-refractivity contribution in [3.63, 3.8) is 0 Å². The molecule has 0 radical (unpaired) electrons. The molecule has 1 unspecified atom stereocenters. The summed E-state index contributed by atoms with van der Waals surface area (Å²) in [4.78, 5) is 26.2. The molecule has 10 heteroatoms. The number of benzene rings is 2. The molecule has 0 aliphatic carbocycles.